The molecule has 0 saturated carbocycles. The molecule has 1 saturated heterocycles. The molecule has 3 aromatic rings. The number of rotatable bonds is 10. The SMILES string of the molecule is CC(C)(C)CC(C(=O)C1NCN(C(=O)C(CC(C)(C)C)c2ccc(O)c(C(C)(C)C)c2)CN1C(=O)C(CC(C)(C)C)c1ccc(O)c(C(C)(C)C)c1)c1ccc(O)c(C(C)(C)C)c1. The van der Waals surface area contributed by atoms with Crippen molar-refractivity contribution in [2.45, 2.75) is 184 Å². The highest BCUT2D eigenvalue weighted by Crippen LogP contribution is 2.43. The molecule has 4 rings (SSSR count). The van der Waals surface area contributed by atoms with Gasteiger partial charge in [0.15, 0.2) is 5.78 Å². The molecule has 1 heterocycles. The van der Waals surface area contributed by atoms with Gasteiger partial charge in [-0.2, -0.15) is 0 Å². The lowest BCUT2D eigenvalue weighted by atomic mass is 9.76. The third kappa shape index (κ3) is 13.1. The Labute approximate surface area is 380 Å². The fourth-order valence-corrected chi connectivity index (χ4v) is 8.86. The maximum Gasteiger partial charge on any atom is 0.233 e. The van der Waals surface area contributed by atoms with Crippen molar-refractivity contribution < 1.29 is 29.7 Å². The Kier molecular flexibility index (Phi) is 14.9. The second kappa shape index (κ2) is 18.3. The maximum atomic E-state index is 15.7. The first-order chi connectivity index (χ1) is 28.5. The highest BCUT2D eigenvalue weighted by Gasteiger charge is 2.45. The first kappa shape index (κ1) is 51.3. The van der Waals surface area contributed by atoms with Crippen LogP contribution < -0.4 is 5.32 Å². The second-order valence-corrected chi connectivity index (χ2v) is 25.0. The van der Waals surface area contributed by atoms with E-state index < -0.39 is 34.7 Å². The standard InChI is InChI=1S/C54H81N3O6/c1-49(2,3)28-36(33-19-22-42(58)39(25-33)52(10,11)12)45(61)46-55-31-56(47(62)37(29-50(4,5)6)34-20-23-43(59)40(26-34)53(13,14)15)32-57(46)48(63)38(30-51(7,8)9)35-21-24-44(60)41(27-35)54(16,17)18/h19-27,36-38,46,55,58-60H,28-32H2,1-18H3. The van der Waals surface area contributed by atoms with Gasteiger partial charge in [0.1, 0.15) is 23.4 Å². The first-order valence-corrected chi connectivity index (χ1v) is 22.8. The van der Waals surface area contributed by atoms with Crippen LogP contribution in [0.15, 0.2) is 54.6 Å². The number of ketones is 1. The van der Waals surface area contributed by atoms with Crippen LogP contribution in [0.1, 0.15) is 195 Å². The van der Waals surface area contributed by atoms with Crippen molar-refractivity contribution in [3.05, 3.63) is 88.0 Å². The van der Waals surface area contributed by atoms with Gasteiger partial charge in [0.05, 0.1) is 25.2 Å². The number of carbonyl (C=O) groups is 3. The Morgan fingerprint density at radius 1 is 0.524 bits per heavy atom. The molecule has 4 unspecified atom stereocenters. The van der Waals surface area contributed by atoms with Crippen molar-refractivity contribution in [2.75, 3.05) is 13.3 Å². The van der Waals surface area contributed by atoms with E-state index in [0.29, 0.717) is 24.8 Å². The number of nitrogens with one attached hydrogen (secondary N) is 1. The van der Waals surface area contributed by atoms with E-state index in [0.717, 1.165) is 27.8 Å². The number of hydrogen-bond donors (Lipinski definition) is 4. The lowest BCUT2D eigenvalue weighted by Crippen LogP contribution is -2.66. The maximum absolute atomic E-state index is 15.7. The average Bonchev–Trinajstić information content (AvgIpc) is 3.12. The third-order valence-electron chi connectivity index (χ3n) is 12.1. The summed E-state index contributed by atoms with van der Waals surface area (Å²) in [5, 5.41) is 36.3. The van der Waals surface area contributed by atoms with Gasteiger partial charge in [0, 0.05) is 5.92 Å². The minimum atomic E-state index is -1.08. The molecule has 1 aliphatic heterocycles. The zero-order valence-electron chi connectivity index (χ0n) is 42.0. The molecule has 1 aliphatic rings. The van der Waals surface area contributed by atoms with Gasteiger partial charge in [-0.3, -0.25) is 19.7 Å². The molecule has 0 spiro atoms. The van der Waals surface area contributed by atoms with Crippen LogP contribution in [0.4, 0.5) is 0 Å². The van der Waals surface area contributed by atoms with Gasteiger partial charge in [-0.05, 0) is 103 Å². The van der Waals surface area contributed by atoms with Crippen molar-refractivity contribution in [3.8, 4) is 17.2 Å². The minimum absolute atomic E-state index is 0.0340. The largest absolute Gasteiger partial charge is 0.508 e. The Hall–Kier alpha value is -4.37. The Bertz CT molecular complexity index is 2130. The van der Waals surface area contributed by atoms with Crippen molar-refractivity contribution in [1.29, 1.82) is 0 Å². The normalized spacial score (nSPS) is 17.3. The fraction of sp³-hybridized carbons (Fsp3) is 0.611. The summed E-state index contributed by atoms with van der Waals surface area (Å²) in [5.41, 5.74) is 2.42. The Morgan fingerprint density at radius 2 is 0.841 bits per heavy atom. The molecule has 348 valence electrons. The predicted octanol–water partition coefficient (Wildman–Crippen LogP) is 11.7. The van der Waals surface area contributed by atoms with Crippen LogP contribution >= 0.6 is 0 Å². The lowest BCUT2D eigenvalue weighted by Gasteiger charge is -2.45. The number of hydrogen-bond acceptors (Lipinski definition) is 7. The van der Waals surface area contributed by atoms with Crippen molar-refractivity contribution in [2.24, 2.45) is 16.2 Å². The predicted molar refractivity (Wildman–Crippen MR) is 256 cm³/mol. The molecule has 2 amide bonds. The average molecular weight is 868 g/mol. The number of phenolic OH excluding ortho intramolecular Hbond substituents is 3. The van der Waals surface area contributed by atoms with Gasteiger partial charge in [0.2, 0.25) is 11.8 Å². The van der Waals surface area contributed by atoms with Crippen molar-refractivity contribution in [3.63, 3.8) is 0 Å². The summed E-state index contributed by atoms with van der Waals surface area (Å²) in [6, 6.07) is 16.2. The van der Waals surface area contributed by atoms with E-state index in [1.807, 2.05) is 92.6 Å². The molecule has 0 aromatic heterocycles. The number of nitrogens with zero attached hydrogens (tertiary/aromatic N) is 2. The van der Waals surface area contributed by atoms with Crippen molar-refractivity contribution in [1.82, 2.24) is 15.1 Å². The summed E-state index contributed by atoms with van der Waals surface area (Å²) in [5.74, 6) is -2.13. The van der Waals surface area contributed by atoms with E-state index in [1.165, 1.54) is 0 Å². The van der Waals surface area contributed by atoms with Gasteiger partial charge < -0.3 is 25.1 Å². The van der Waals surface area contributed by atoms with E-state index >= 15 is 14.4 Å². The molecule has 9 heteroatoms. The van der Waals surface area contributed by atoms with E-state index in [2.05, 4.69) is 67.6 Å². The van der Waals surface area contributed by atoms with E-state index in [1.54, 1.807) is 34.1 Å². The van der Waals surface area contributed by atoms with Crippen LogP contribution in [0.5, 0.6) is 17.2 Å². The topological polar surface area (TPSA) is 130 Å². The first-order valence-electron chi connectivity index (χ1n) is 22.8. The number of benzene rings is 3. The Balaban J connectivity index is 1.94. The number of phenols is 3. The van der Waals surface area contributed by atoms with Gasteiger partial charge in [0.25, 0.3) is 0 Å². The zero-order chi connectivity index (χ0) is 48.0. The third-order valence-corrected chi connectivity index (χ3v) is 12.1. The molecule has 4 atom stereocenters. The quantitative estimate of drug-likeness (QED) is 0.160. The van der Waals surface area contributed by atoms with Crippen LogP contribution in [-0.4, -0.2) is 62.2 Å². The fourth-order valence-electron chi connectivity index (χ4n) is 8.86. The van der Waals surface area contributed by atoms with E-state index in [-0.39, 0.29) is 69.8 Å². The van der Waals surface area contributed by atoms with Crippen molar-refractivity contribution >= 4 is 17.6 Å². The molecular formula is C54H81N3O6. The van der Waals surface area contributed by atoms with E-state index in [4.69, 9.17) is 0 Å². The highest BCUT2D eigenvalue weighted by atomic mass is 16.3. The van der Waals surface area contributed by atoms with Gasteiger partial charge in [-0.1, -0.05) is 161 Å². The highest BCUT2D eigenvalue weighted by molar-refractivity contribution is 5.96. The molecule has 9 nitrogen and oxygen atoms in total. The second-order valence-electron chi connectivity index (χ2n) is 25.0. The monoisotopic (exact) mass is 868 g/mol. The Morgan fingerprint density at radius 3 is 1.17 bits per heavy atom. The smallest absolute Gasteiger partial charge is 0.233 e. The molecule has 4 N–H and O–H groups in total. The molecule has 1 fully saturated rings. The van der Waals surface area contributed by atoms with E-state index in [9.17, 15) is 15.3 Å². The minimum Gasteiger partial charge on any atom is -0.508 e. The summed E-state index contributed by atoms with van der Waals surface area (Å²) < 4.78 is 0. The molecule has 0 bridgehead atoms. The summed E-state index contributed by atoms with van der Waals surface area (Å²) in [6.45, 7) is 37.0. The van der Waals surface area contributed by atoms with Gasteiger partial charge >= 0.3 is 0 Å². The molecule has 0 radical (unpaired) electrons. The lowest BCUT2D eigenvalue weighted by molar-refractivity contribution is -0.156. The zero-order valence-corrected chi connectivity index (χ0v) is 42.0. The number of amides is 2. The summed E-state index contributed by atoms with van der Waals surface area (Å²) >= 11 is 0. The molecular weight excluding hydrogens is 787 g/mol. The molecule has 0 aliphatic carbocycles. The number of carbonyl (C=O) groups excluding carboxylic acids is 3. The van der Waals surface area contributed by atoms with Crippen LogP contribution in [0, 0.1) is 16.2 Å². The summed E-state index contributed by atoms with van der Waals surface area (Å²) in [4.78, 5) is 49.6. The summed E-state index contributed by atoms with van der Waals surface area (Å²) in [7, 11) is 0. The molecule has 3 aromatic carbocycles. The summed E-state index contributed by atoms with van der Waals surface area (Å²) in [6.07, 6.45) is 0.351. The van der Waals surface area contributed by atoms with Gasteiger partial charge in [-0.25, -0.2) is 0 Å². The van der Waals surface area contributed by atoms with Crippen LogP contribution in [0.3, 0.4) is 0 Å². The van der Waals surface area contributed by atoms with Crippen LogP contribution in [-0.2, 0) is 30.6 Å². The molecule has 63 heavy (non-hydrogen) atoms. The number of aromatic hydroxyl groups is 3. The van der Waals surface area contributed by atoms with Crippen LogP contribution in [0.2, 0.25) is 0 Å². The van der Waals surface area contributed by atoms with Crippen LogP contribution in [0.25, 0.3) is 0 Å². The number of Topliss-reactive ketones (excluding diaryl/α,β-unsaturated/α-hetero) is 1. The van der Waals surface area contributed by atoms with Gasteiger partial charge in [-0.15, -0.1) is 0 Å².